The molecule has 1 aliphatic heterocycles. The lowest BCUT2D eigenvalue weighted by molar-refractivity contribution is 0.328. The zero-order chi connectivity index (χ0) is 18.9. The SMILES string of the molecule is Nc1nc(N[C@H]2CCN(Cc3ccccc3)C2)nc2cc(-c3ccco3)nn12. The highest BCUT2D eigenvalue weighted by Gasteiger charge is 2.23. The van der Waals surface area contributed by atoms with Crippen LogP contribution in [0.3, 0.4) is 0 Å². The summed E-state index contributed by atoms with van der Waals surface area (Å²) in [5, 5.41) is 7.85. The standard InChI is InChI=1S/C20H21N7O/c21-19-24-20(23-18-11-16(25-27(18)19)17-7-4-10-28-17)22-15-8-9-26(13-15)12-14-5-2-1-3-6-14/h1-7,10-11,15H,8-9,12-13H2,(H3,21,22,23,24)/t15-/m0/s1. The average Bonchev–Trinajstić information content (AvgIpc) is 3.43. The smallest absolute Gasteiger partial charge is 0.228 e. The second-order valence-electron chi connectivity index (χ2n) is 7.03. The van der Waals surface area contributed by atoms with Crippen LogP contribution in [0.15, 0.2) is 59.2 Å². The van der Waals surface area contributed by atoms with E-state index in [1.807, 2.05) is 24.3 Å². The zero-order valence-electron chi connectivity index (χ0n) is 15.3. The molecule has 0 saturated carbocycles. The Bertz CT molecular complexity index is 1070. The van der Waals surface area contributed by atoms with Gasteiger partial charge in [0.25, 0.3) is 0 Å². The maximum absolute atomic E-state index is 6.10. The molecule has 8 nitrogen and oxygen atoms in total. The molecule has 0 radical (unpaired) electrons. The second-order valence-corrected chi connectivity index (χ2v) is 7.03. The average molecular weight is 375 g/mol. The summed E-state index contributed by atoms with van der Waals surface area (Å²) in [6, 6.07) is 16.3. The van der Waals surface area contributed by atoms with Crippen LogP contribution in [0.4, 0.5) is 11.9 Å². The number of nitrogens with zero attached hydrogens (tertiary/aromatic N) is 5. The van der Waals surface area contributed by atoms with Crippen molar-refractivity contribution in [2.45, 2.75) is 19.0 Å². The van der Waals surface area contributed by atoms with Gasteiger partial charge in [0.2, 0.25) is 11.9 Å². The normalized spacial score (nSPS) is 17.4. The lowest BCUT2D eigenvalue weighted by Crippen LogP contribution is -2.27. The van der Waals surface area contributed by atoms with E-state index in [2.05, 4.69) is 49.5 Å². The number of hydrogen-bond acceptors (Lipinski definition) is 7. The van der Waals surface area contributed by atoms with Gasteiger partial charge in [-0.15, -0.1) is 0 Å². The number of anilines is 2. The monoisotopic (exact) mass is 375 g/mol. The van der Waals surface area contributed by atoms with E-state index in [0.29, 0.717) is 29.0 Å². The third-order valence-corrected chi connectivity index (χ3v) is 4.98. The molecule has 5 rings (SSSR count). The van der Waals surface area contributed by atoms with Crippen molar-refractivity contribution >= 4 is 17.5 Å². The summed E-state index contributed by atoms with van der Waals surface area (Å²) in [6.07, 6.45) is 2.65. The van der Waals surface area contributed by atoms with Crippen LogP contribution in [0.2, 0.25) is 0 Å². The molecular formula is C20H21N7O. The predicted octanol–water partition coefficient (Wildman–Crippen LogP) is 2.65. The van der Waals surface area contributed by atoms with Gasteiger partial charge in [-0.3, -0.25) is 4.90 Å². The van der Waals surface area contributed by atoms with Crippen molar-refractivity contribution < 1.29 is 4.42 Å². The summed E-state index contributed by atoms with van der Waals surface area (Å²) >= 11 is 0. The lowest BCUT2D eigenvalue weighted by Gasteiger charge is -2.17. The van der Waals surface area contributed by atoms with Crippen LogP contribution < -0.4 is 11.1 Å². The summed E-state index contributed by atoms with van der Waals surface area (Å²) in [5.41, 5.74) is 8.74. The van der Waals surface area contributed by atoms with Gasteiger partial charge in [0.15, 0.2) is 11.4 Å². The molecule has 4 aromatic rings. The van der Waals surface area contributed by atoms with E-state index in [4.69, 9.17) is 10.2 Å². The third kappa shape index (κ3) is 3.29. The fourth-order valence-electron chi connectivity index (χ4n) is 3.64. The van der Waals surface area contributed by atoms with E-state index in [1.165, 1.54) is 10.1 Å². The van der Waals surface area contributed by atoms with Gasteiger partial charge in [-0.25, -0.2) is 0 Å². The van der Waals surface area contributed by atoms with Crippen LogP contribution in [0.1, 0.15) is 12.0 Å². The number of hydrogen-bond donors (Lipinski definition) is 2. The summed E-state index contributed by atoms with van der Waals surface area (Å²) in [6.45, 7) is 2.94. The number of likely N-dealkylation sites (tertiary alicyclic amines) is 1. The van der Waals surface area contributed by atoms with Crippen LogP contribution in [0.25, 0.3) is 17.1 Å². The van der Waals surface area contributed by atoms with Crippen molar-refractivity contribution in [3.63, 3.8) is 0 Å². The van der Waals surface area contributed by atoms with E-state index in [-0.39, 0.29) is 6.04 Å². The first-order chi connectivity index (χ1) is 13.7. The van der Waals surface area contributed by atoms with Gasteiger partial charge >= 0.3 is 0 Å². The maximum atomic E-state index is 6.10. The highest BCUT2D eigenvalue weighted by atomic mass is 16.3. The number of fused-ring (bicyclic) bond motifs is 1. The summed E-state index contributed by atoms with van der Waals surface area (Å²) < 4.78 is 6.93. The number of furan rings is 1. The fourth-order valence-corrected chi connectivity index (χ4v) is 3.64. The van der Waals surface area contributed by atoms with E-state index in [0.717, 1.165) is 26.1 Å². The van der Waals surface area contributed by atoms with Gasteiger partial charge in [0, 0.05) is 31.7 Å². The molecule has 28 heavy (non-hydrogen) atoms. The zero-order valence-corrected chi connectivity index (χ0v) is 15.3. The Kier molecular flexibility index (Phi) is 4.17. The highest BCUT2D eigenvalue weighted by Crippen LogP contribution is 2.22. The minimum Gasteiger partial charge on any atom is -0.463 e. The van der Waals surface area contributed by atoms with Crippen molar-refractivity contribution in [2.24, 2.45) is 0 Å². The van der Waals surface area contributed by atoms with Gasteiger partial charge in [-0.2, -0.15) is 19.6 Å². The number of nitrogen functional groups attached to an aromatic ring is 1. The van der Waals surface area contributed by atoms with Gasteiger partial charge in [0.05, 0.1) is 6.26 Å². The molecule has 0 unspecified atom stereocenters. The van der Waals surface area contributed by atoms with Crippen LogP contribution in [0, 0.1) is 0 Å². The quantitative estimate of drug-likeness (QED) is 0.553. The molecule has 0 amide bonds. The highest BCUT2D eigenvalue weighted by molar-refractivity contribution is 5.61. The molecule has 0 aliphatic carbocycles. The van der Waals surface area contributed by atoms with Crippen LogP contribution in [0.5, 0.6) is 0 Å². The maximum Gasteiger partial charge on any atom is 0.228 e. The number of aromatic nitrogens is 4. The fraction of sp³-hybridized carbons (Fsp3) is 0.250. The molecular weight excluding hydrogens is 354 g/mol. The largest absolute Gasteiger partial charge is 0.463 e. The van der Waals surface area contributed by atoms with Crippen molar-refractivity contribution in [2.75, 3.05) is 24.1 Å². The minimum atomic E-state index is 0.290. The van der Waals surface area contributed by atoms with E-state index in [9.17, 15) is 0 Å². The molecule has 1 aliphatic rings. The Morgan fingerprint density at radius 3 is 2.86 bits per heavy atom. The first-order valence-corrected chi connectivity index (χ1v) is 9.34. The van der Waals surface area contributed by atoms with Gasteiger partial charge < -0.3 is 15.5 Å². The molecule has 1 fully saturated rings. The van der Waals surface area contributed by atoms with Crippen molar-refractivity contribution in [3.8, 4) is 11.5 Å². The summed E-state index contributed by atoms with van der Waals surface area (Å²) in [4.78, 5) is 11.4. The van der Waals surface area contributed by atoms with Crippen LogP contribution >= 0.6 is 0 Å². The topological polar surface area (TPSA) is 97.5 Å². The molecule has 8 heteroatoms. The molecule has 4 heterocycles. The minimum absolute atomic E-state index is 0.290. The lowest BCUT2D eigenvalue weighted by atomic mass is 10.2. The predicted molar refractivity (Wildman–Crippen MR) is 107 cm³/mol. The molecule has 142 valence electrons. The number of benzene rings is 1. The number of nitrogens with one attached hydrogen (secondary N) is 1. The van der Waals surface area contributed by atoms with Crippen molar-refractivity contribution in [1.29, 1.82) is 0 Å². The molecule has 0 spiro atoms. The van der Waals surface area contributed by atoms with Crippen LogP contribution in [-0.4, -0.2) is 43.6 Å². The van der Waals surface area contributed by atoms with E-state index < -0.39 is 0 Å². The second kappa shape index (κ2) is 6.97. The molecule has 1 saturated heterocycles. The van der Waals surface area contributed by atoms with Crippen LogP contribution in [-0.2, 0) is 6.54 Å². The first-order valence-electron chi connectivity index (χ1n) is 9.34. The number of nitrogens with two attached hydrogens (primary N) is 1. The molecule has 1 aromatic carbocycles. The Morgan fingerprint density at radius 2 is 2.04 bits per heavy atom. The Hall–Kier alpha value is -3.39. The Morgan fingerprint density at radius 1 is 1.14 bits per heavy atom. The molecule has 3 aromatic heterocycles. The first kappa shape index (κ1) is 16.8. The summed E-state index contributed by atoms with van der Waals surface area (Å²) in [7, 11) is 0. The van der Waals surface area contributed by atoms with E-state index >= 15 is 0 Å². The molecule has 0 bridgehead atoms. The molecule has 1 atom stereocenters. The van der Waals surface area contributed by atoms with Crippen molar-refractivity contribution in [1.82, 2.24) is 24.5 Å². The Balaban J connectivity index is 1.30. The Labute approximate surface area is 162 Å². The number of rotatable bonds is 5. The van der Waals surface area contributed by atoms with Gasteiger partial charge in [-0.1, -0.05) is 30.3 Å². The van der Waals surface area contributed by atoms with E-state index in [1.54, 1.807) is 6.26 Å². The van der Waals surface area contributed by atoms with Crippen molar-refractivity contribution in [3.05, 3.63) is 60.4 Å². The van der Waals surface area contributed by atoms with Gasteiger partial charge in [0.1, 0.15) is 5.69 Å². The molecule has 3 N–H and O–H groups in total. The van der Waals surface area contributed by atoms with Gasteiger partial charge in [-0.05, 0) is 24.1 Å². The summed E-state index contributed by atoms with van der Waals surface area (Å²) in [5.74, 6) is 1.50. The third-order valence-electron chi connectivity index (χ3n) is 4.98.